The highest BCUT2D eigenvalue weighted by molar-refractivity contribution is 7.89. The maximum Gasteiger partial charge on any atom is 0.246 e. The quantitative estimate of drug-likeness (QED) is 0.614. The van der Waals surface area contributed by atoms with Gasteiger partial charge in [-0.3, -0.25) is 9.69 Å². The average molecular weight is 440 g/mol. The van der Waals surface area contributed by atoms with Crippen molar-refractivity contribution in [3.63, 3.8) is 0 Å². The van der Waals surface area contributed by atoms with E-state index in [1.54, 1.807) is 12.1 Å². The lowest BCUT2D eigenvalue weighted by Crippen LogP contribution is -2.46. The number of nitrogens with zero attached hydrogens (tertiary/aromatic N) is 2. The van der Waals surface area contributed by atoms with Crippen molar-refractivity contribution in [1.29, 1.82) is 0 Å². The van der Waals surface area contributed by atoms with E-state index in [0.29, 0.717) is 31.7 Å². The molecule has 1 N–H and O–H groups in total. The Morgan fingerprint density at radius 1 is 1.27 bits per heavy atom. The van der Waals surface area contributed by atoms with Crippen LogP contribution < -0.4 is 10.1 Å². The van der Waals surface area contributed by atoms with E-state index in [9.17, 15) is 13.2 Å². The monoisotopic (exact) mass is 439 g/mol. The standard InChI is InChI=1S/C21H33N3O5S/c1-17-6-7-19(28-2)20(15-17)30(26,27)24-10-3-5-18(16-24)21(25)22-8-4-9-23-11-13-29-14-12-23/h6-7,15,18H,3-5,8-14,16H2,1-2H3,(H,22,25)/t18-/m0/s1. The van der Waals surface area contributed by atoms with Gasteiger partial charge in [-0.15, -0.1) is 0 Å². The maximum absolute atomic E-state index is 13.2. The summed E-state index contributed by atoms with van der Waals surface area (Å²) in [5.41, 5.74) is 0.848. The third-order valence-corrected chi connectivity index (χ3v) is 7.63. The van der Waals surface area contributed by atoms with Crippen LogP contribution in [0.25, 0.3) is 0 Å². The van der Waals surface area contributed by atoms with E-state index in [1.807, 2.05) is 13.0 Å². The summed E-state index contributed by atoms with van der Waals surface area (Å²) in [6.45, 7) is 7.41. The summed E-state index contributed by atoms with van der Waals surface area (Å²) in [5.74, 6) is -0.0592. The number of sulfonamides is 1. The van der Waals surface area contributed by atoms with Gasteiger partial charge in [0.25, 0.3) is 0 Å². The molecule has 0 bridgehead atoms. The largest absolute Gasteiger partial charge is 0.495 e. The van der Waals surface area contributed by atoms with Crippen LogP contribution in [0.3, 0.4) is 0 Å². The van der Waals surface area contributed by atoms with Gasteiger partial charge in [0.15, 0.2) is 0 Å². The van der Waals surface area contributed by atoms with Gasteiger partial charge < -0.3 is 14.8 Å². The Balaban J connectivity index is 1.55. The summed E-state index contributed by atoms with van der Waals surface area (Å²) in [6.07, 6.45) is 2.24. The van der Waals surface area contributed by atoms with Crippen molar-refractivity contribution in [2.45, 2.75) is 31.1 Å². The van der Waals surface area contributed by atoms with Crippen molar-refractivity contribution >= 4 is 15.9 Å². The first-order chi connectivity index (χ1) is 14.4. The van der Waals surface area contributed by atoms with Gasteiger partial charge in [0, 0.05) is 32.7 Å². The molecule has 2 aliphatic heterocycles. The second-order valence-corrected chi connectivity index (χ2v) is 9.86. The number of amides is 1. The number of ether oxygens (including phenoxy) is 2. The molecule has 168 valence electrons. The van der Waals surface area contributed by atoms with Crippen LogP contribution >= 0.6 is 0 Å². The summed E-state index contributed by atoms with van der Waals surface area (Å²) in [6, 6.07) is 5.12. The van der Waals surface area contributed by atoms with Crippen LogP contribution in [0.15, 0.2) is 23.1 Å². The molecule has 1 atom stereocenters. The van der Waals surface area contributed by atoms with E-state index < -0.39 is 10.0 Å². The summed E-state index contributed by atoms with van der Waals surface area (Å²) >= 11 is 0. The number of hydrogen-bond acceptors (Lipinski definition) is 6. The zero-order chi connectivity index (χ0) is 21.6. The normalized spacial score (nSPS) is 21.3. The number of carbonyl (C=O) groups excluding carboxylic acids is 1. The summed E-state index contributed by atoms with van der Waals surface area (Å²) < 4.78 is 38.5. The summed E-state index contributed by atoms with van der Waals surface area (Å²) in [4.78, 5) is 15.1. The minimum atomic E-state index is -3.72. The molecule has 2 aliphatic rings. The maximum atomic E-state index is 13.2. The van der Waals surface area contributed by atoms with E-state index in [1.165, 1.54) is 11.4 Å². The van der Waals surface area contributed by atoms with Crippen LogP contribution in [0.1, 0.15) is 24.8 Å². The zero-order valence-electron chi connectivity index (χ0n) is 17.9. The summed E-state index contributed by atoms with van der Waals surface area (Å²) in [5, 5.41) is 2.99. The smallest absolute Gasteiger partial charge is 0.246 e. The minimum absolute atomic E-state index is 0.0620. The Hall–Kier alpha value is -1.68. The van der Waals surface area contributed by atoms with Crippen molar-refractivity contribution in [3.8, 4) is 5.75 Å². The number of carbonyl (C=O) groups is 1. The van der Waals surface area contributed by atoms with Crippen LogP contribution in [0, 0.1) is 12.8 Å². The molecule has 1 aromatic carbocycles. The Morgan fingerprint density at radius 2 is 2.03 bits per heavy atom. The molecule has 0 radical (unpaired) electrons. The number of aryl methyl sites for hydroxylation is 1. The van der Waals surface area contributed by atoms with Crippen molar-refractivity contribution in [1.82, 2.24) is 14.5 Å². The third kappa shape index (κ3) is 5.72. The number of rotatable bonds is 8. The Morgan fingerprint density at radius 3 is 2.77 bits per heavy atom. The van der Waals surface area contributed by atoms with Gasteiger partial charge in [0.2, 0.25) is 15.9 Å². The van der Waals surface area contributed by atoms with E-state index in [4.69, 9.17) is 9.47 Å². The van der Waals surface area contributed by atoms with Crippen LogP contribution in [-0.2, 0) is 19.6 Å². The lowest BCUT2D eigenvalue weighted by atomic mass is 9.99. The van der Waals surface area contributed by atoms with E-state index in [-0.39, 0.29) is 23.3 Å². The lowest BCUT2D eigenvalue weighted by molar-refractivity contribution is -0.126. The van der Waals surface area contributed by atoms with Crippen molar-refractivity contribution in [2.24, 2.45) is 5.92 Å². The van der Waals surface area contributed by atoms with Crippen LogP contribution in [-0.4, -0.2) is 83.1 Å². The fourth-order valence-electron chi connectivity index (χ4n) is 3.98. The zero-order valence-corrected chi connectivity index (χ0v) is 18.7. The number of benzene rings is 1. The molecule has 2 heterocycles. The molecular formula is C21H33N3O5S. The second kappa shape index (κ2) is 10.6. The Bertz CT molecular complexity index is 824. The van der Waals surface area contributed by atoms with Gasteiger partial charge in [-0.2, -0.15) is 4.31 Å². The molecule has 0 aromatic heterocycles. The van der Waals surface area contributed by atoms with Gasteiger partial charge in [-0.1, -0.05) is 6.07 Å². The molecule has 30 heavy (non-hydrogen) atoms. The molecule has 0 spiro atoms. The second-order valence-electron chi connectivity index (χ2n) is 7.96. The molecule has 0 saturated carbocycles. The Kier molecular flexibility index (Phi) is 8.10. The highest BCUT2D eigenvalue weighted by Crippen LogP contribution is 2.30. The first-order valence-corrected chi connectivity index (χ1v) is 12.1. The Labute approximate surface area is 179 Å². The minimum Gasteiger partial charge on any atom is -0.495 e. The number of piperidine rings is 1. The SMILES string of the molecule is COc1ccc(C)cc1S(=O)(=O)N1CCC[C@H](C(=O)NCCCN2CCOCC2)C1. The summed E-state index contributed by atoms with van der Waals surface area (Å²) in [7, 11) is -2.26. The number of nitrogens with one attached hydrogen (secondary N) is 1. The highest BCUT2D eigenvalue weighted by Gasteiger charge is 2.34. The molecule has 2 saturated heterocycles. The topological polar surface area (TPSA) is 88.2 Å². The molecule has 1 amide bonds. The van der Waals surface area contributed by atoms with Gasteiger partial charge in [-0.25, -0.2) is 8.42 Å². The number of methoxy groups -OCH3 is 1. The lowest BCUT2D eigenvalue weighted by Gasteiger charge is -2.31. The third-order valence-electron chi connectivity index (χ3n) is 5.75. The van der Waals surface area contributed by atoms with E-state index in [2.05, 4.69) is 10.2 Å². The molecule has 0 unspecified atom stereocenters. The van der Waals surface area contributed by atoms with Crippen LogP contribution in [0.5, 0.6) is 5.75 Å². The van der Waals surface area contributed by atoms with E-state index >= 15 is 0 Å². The van der Waals surface area contributed by atoms with Crippen LogP contribution in [0.4, 0.5) is 0 Å². The van der Waals surface area contributed by atoms with E-state index in [0.717, 1.165) is 44.8 Å². The molecule has 2 fully saturated rings. The van der Waals surface area contributed by atoms with Gasteiger partial charge in [-0.05, 0) is 50.4 Å². The van der Waals surface area contributed by atoms with Crippen molar-refractivity contribution < 1.29 is 22.7 Å². The van der Waals surface area contributed by atoms with Gasteiger partial charge >= 0.3 is 0 Å². The molecule has 9 heteroatoms. The fraction of sp³-hybridized carbons (Fsp3) is 0.667. The van der Waals surface area contributed by atoms with Gasteiger partial charge in [0.1, 0.15) is 10.6 Å². The highest BCUT2D eigenvalue weighted by atomic mass is 32.2. The number of hydrogen-bond donors (Lipinski definition) is 1. The first kappa shape index (κ1) is 23.0. The van der Waals surface area contributed by atoms with Crippen molar-refractivity contribution in [3.05, 3.63) is 23.8 Å². The fourth-order valence-corrected chi connectivity index (χ4v) is 5.75. The predicted octanol–water partition coefficient (Wildman–Crippen LogP) is 1.24. The molecular weight excluding hydrogens is 406 g/mol. The number of morpholine rings is 1. The molecule has 1 aromatic rings. The predicted molar refractivity (Wildman–Crippen MR) is 114 cm³/mol. The van der Waals surface area contributed by atoms with Gasteiger partial charge in [0.05, 0.1) is 26.2 Å². The van der Waals surface area contributed by atoms with Crippen LogP contribution in [0.2, 0.25) is 0 Å². The van der Waals surface area contributed by atoms with Crippen molar-refractivity contribution in [2.75, 3.05) is 59.6 Å². The average Bonchev–Trinajstić information content (AvgIpc) is 2.77. The molecule has 0 aliphatic carbocycles. The first-order valence-electron chi connectivity index (χ1n) is 10.6. The molecule has 8 nitrogen and oxygen atoms in total. The molecule has 3 rings (SSSR count).